The highest BCUT2D eigenvalue weighted by Crippen LogP contribution is 2.49. The first-order valence-corrected chi connectivity index (χ1v) is 8.19. The third-order valence-corrected chi connectivity index (χ3v) is 5.67. The van der Waals surface area contributed by atoms with E-state index in [4.69, 9.17) is 4.74 Å². The molecule has 3 rings (SSSR count). The molecule has 2 aliphatic rings. The van der Waals surface area contributed by atoms with Crippen molar-refractivity contribution < 1.29 is 4.74 Å². The lowest BCUT2D eigenvalue weighted by atomic mass is 9.66. The number of ether oxygens (including phenoxy) is 1. The highest BCUT2D eigenvalue weighted by atomic mass is 32.1. The highest BCUT2D eigenvalue weighted by Gasteiger charge is 2.48. The Morgan fingerprint density at radius 2 is 2.21 bits per heavy atom. The Hall–Kier alpha value is -0.450. The molecule has 2 fully saturated rings. The molecule has 0 unspecified atom stereocenters. The monoisotopic (exact) mass is 280 g/mol. The van der Waals surface area contributed by atoms with Gasteiger partial charge in [0.25, 0.3) is 0 Å². The molecule has 2 heterocycles. The number of rotatable bonds is 4. The lowest BCUT2D eigenvalue weighted by Gasteiger charge is -2.44. The standard InChI is InChI=1S/C15H24N2OS/c1-4-18-13-7-15(8-13)5-6-17(10-15)9-14-11(2)16-12(3)19-14/h13H,4-10H2,1-3H3. The lowest BCUT2D eigenvalue weighted by Crippen LogP contribution is -2.44. The maximum atomic E-state index is 5.71. The third-order valence-electron chi connectivity index (χ3n) is 4.61. The summed E-state index contributed by atoms with van der Waals surface area (Å²) in [5.41, 5.74) is 1.80. The summed E-state index contributed by atoms with van der Waals surface area (Å²) in [6.07, 6.45) is 4.45. The first-order valence-electron chi connectivity index (χ1n) is 7.37. The van der Waals surface area contributed by atoms with Crippen molar-refractivity contribution in [1.29, 1.82) is 0 Å². The Morgan fingerprint density at radius 1 is 1.42 bits per heavy atom. The summed E-state index contributed by atoms with van der Waals surface area (Å²) >= 11 is 1.86. The molecule has 1 aliphatic heterocycles. The van der Waals surface area contributed by atoms with E-state index >= 15 is 0 Å². The molecule has 1 saturated heterocycles. The van der Waals surface area contributed by atoms with Gasteiger partial charge < -0.3 is 4.74 Å². The van der Waals surface area contributed by atoms with Crippen molar-refractivity contribution in [2.45, 2.75) is 52.7 Å². The fourth-order valence-electron chi connectivity index (χ4n) is 3.68. The van der Waals surface area contributed by atoms with Gasteiger partial charge in [0.1, 0.15) is 0 Å². The summed E-state index contributed by atoms with van der Waals surface area (Å²) < 4.78 is 5.71. The molecule has 0 aromatic carbocycles. The van der Waals surface area contributed by atoms with Crippen LogP contribution in [0.4, 0.5) is 0 Å². The zero-order valence-electron chi connectivity index (χ0n) is 12.2. The van der Waals surface area contributed by atoms with E-state index in [0.717, 1.165) is 13.2 Å². The van der Waals surface area contributed by atoms with Crippen molar-refractivity contribution in [3.05, 3.63) is 15.6 Å². The minimum Gasteiger partial charge on any atom is -0.378 e. The lowest BCUT2D eigenvalue weighted by molar-refractivity contribution is -0.0718. The van der Waals surface area contributed by atoms with Crippen LogP contribution in [0, 0.1) is 19.3 Å². The highest BCUT2D eigenvalue weighted by molar-refractivity contribution is 7.11. The molecular weight excluding hydrogens is 256 g/mol. The molecule has 0 atom stereocenters. The van der Waals surface area contributed by atoms with Crippen LogP contribution < -0.4 is 0 Å². The second-order valence-corrected chi connectivity index (χ2v) is 7.48. The van der Waals surface area contributed by atoms with Crippen molar-refractivity contribution in [2.24, 2.45) is 5.41 Å². The first kappa shape index (κ1) is 13.5. The largest absolute Gasteiger partial charge is 0.378 e. The number of likely N-dealkylation sites (tertiary alicyclic amines) is 1. The SMILES string of the molecule is CCOC1CC2(CCN(Cc3sc(C)nc3C)C2)C1. The van der Waals surface area contributed by atoms with Gasteiger partial charge in [-0.05, 0) is 52.0 Å². The molecule has 1 aliphatic carbocycles. The maximum absolute atomic E-state index is 5.71. The summed E-state index contributed by atoms with van der Waals surface area (Å²) in [5, 5.41) is 1.20. The maximum Gasteiger partial charge on any atom is 0.0900 e. The summed E-state index contributed by atoms with van der Waals surface area (Å²) in [7, 11) is 0. The van der Waals surface area contributed by atoms with Crippen molar-refractivity contribution in [3.8, 4) is 0 Å². The van der Waals surface area contributed by atoms with Crippen LogP contribution in [0.15, 0.2) is 0 Å². The molecule has 0 bridgehead atoms. The van der Waals surface area contributed by atoms with E-state index in [-0.39, 0.29) is 0 Å². The predicted molar refractivity (Wildman–Crippen MR) is 78.6 cm³/mol. The Morgan fingerprint density at radius 3 is 2.84 bits per heavy atom. The molecule has 3 nitrogen and oxygen atoms in total. The van der Waals surface area contributed by atoms with E-state index in [2.05, 4.69) is 30.7 Å². The number of nitrogens with zero attached hydrogens (tertiary/aromatic N) is 2. The van der Waals surface area contributed by atoms with E-state index in [1.807, 2.05) is 11.3 Å². The average molecular weight is 280 g/mol. The van der Waals surface area contributed by atoms with Gasteiger partial charge in [-0.25, -0.2) is 4.98 Å². The van der Waals surface area contributed by atoms with E-state index in [1.54, 1.807) is 0 Å². The number of hydrogen-bond donors (Lipinski definition) is 0. The molecule has 0 N–H and O–H groups in total. The van der Waals surface area contributed by atoms with Gasteiger partial charge in [0.15, 0.2) is 0 Å². The number of hydrogen-bond acceptors (Lipinski definition) is 4. The molecule has 0 amide bonds. The molecule has 1 spiro atoms. The average Bonchev–Trinajstić information content (AvgIpc) is 2.84. The Kier molecular flexibility index (Phi) is 3.67. The van der Waals surface area contributed by atoms with Gasteiger partial charge >= 0.3 is 0 Å². The Bertz CT molecular complexity index is 451. The third kappa shape index (κ3) is 2.71. The topological polar surface area (TPSA) is 25.4 Å². The van der Waals surface area contributed by atoms with E-state index in [1.165, 1.54) is 47.9 Å². The van der Waals surface area contributed by atoms with Gasteiger partial charge in [0.2, 0.25) is 0 Å². The molecule has 19 heavy (non-hydrogen) atoms. The van der Waals surface area contributed by atoms with Crippen molar-refractivity contribution in [2.75, 3.05) is 19.7 Å². The van der Waals surface area contributed by atoms with Gasteiger partial charge in [-0.3, -0.25) is 4.90 Å². The fraction of sp³-hybridized carbons (Fsp3) is 0.800. The van der Waals surface area contributed by atoms with Gasteiger partial charge in [-0.2, -0.15) is 0 Å². The van der Waals surface area contributed by atoms with Crippen LogP contribution in [0.25, 0.3) is 0 Å². The minimum atomic E-state index is 0.539. The van der Waals surface area contributed by atoms with Crippen molar-refractivity contribution in [1.82, 2.24) is 9.88 Å². The second kappa shape index (κ2) is 5.15. The Labute approximate surface area is 120 Å². The van der Waals surface area contributed by atoms with Crippen LogP contribution >= 0.6 is 11.3 Å². The summed E-state index contributed by atoms with van der Waals surface area (Å²) in [4.78, 5) is 8.60. The number of aryl methyl sites for hydroxylation is 2. The van der Waals surface area contributed by atoms with Crippen LogP contribution in [0.1, 0.15) is 41.8 Å². The molecule has 1 aromatic heterocycles. The van der Waals surface area contributed by atoms with Gasteiger partial charge in [0, 0.05) is 24.6 Å². The molecule has 106 valence electrons. The van der Waals surface area contributed by atoms with Crippen LogP contribution in [-0.2, 0) is 11.3 Å². The summed E-state index contributed by atoms with van der Waals surface area (Å²) in [6.45, 7) is 10.8. The first-order chi connectivity index (χ1) is 9.10. The molecule has 4 heteroatoms. The minimum absolute atomic E-state index is 0.539. The molecule has 1 aromatic rings. The predicted octanol–water partition coefficient (Wildman–Crippen LogP) is 3.15. The van der Waals surface area contributed by atoms with E-state index < -0.39 is 0 Å². The van der Waals surface area contributed by atoms with Crippen molar-refractivity contribution in [3.63, 3.8) is 0 Å². The Balaban J connectivity index is 1.54. The van der Waals surface area contributed by atoms with Gasteiger partial charge in [-0.1, -0.05) is 0 Å². The summed E-state index contributed by atoms with van der Waals surface area (Å²) in [5.74, 6) is 0. The fourth-order valence-corrected chi connectivity index (χ4v) is 4.66. The molecular formula is C15H24N2OS. The molecule has 1 saturated carbocycles. The van der Waals surface area contributed by atoms with Crippen molar-refractivity contribution >= 4 is 11.3 Å². The van der Waals surface area contributed by atoms with Crippen LogP contribution in [0.5, 0.6) is 0 Å². The normalized spacial score (nSPS) is 31.0. The zero-order chi connectivity index (χ0) is 13.5. The second-order valence-electron chi connectivity index (χ2n) is 6.19. The molecule has 0 radical (unpaired) electrons. The zero-order valence-corrected chi connectivity index (χ0v) is 13.1. The van der Waals surface area contributed by atoms with E-state index in [0.29, 0.717) is 11.5 Å². The quantitative estimate of drug-likeness (QED) is 0.847. The number of aromatic nitrogens is 1. The van der Waals surface area contributed by atoms with Crippen LogP contribution in [0.3, 0.4) is 0 Å². The van der Waals surface area contributed by atoms with Crippen LogP contribution in [-0.4, -0.2) is 35.7 Å². The number of thiazole rings is 1. The van der Waals surface area contributed by atoms with Gasteiger partial charge in [-0.15, -0.1) is 11.3 Å². The summed E-state index contributed by atoms with van der Waals surface area (Å²) in [6, 6.07) is 0. The smallest absolute Gasteiger partial charge is 0.0900 e. The van der Waals surface area contributed by atoms with Crippen LogP contribution in [0.2, 0.25) is 0 Å². The van der Waals surface area contributed by atoms with E-state index in [9.17, 15) is 0 Å². The van der Waals surface area contributed by atoms with Gasteiger partial charge in [0.05, 0.1) is 16.8 Å².